The molecule has 0 radical (unpaired) electrons. The lowest BCUT2D eigenvalue weighted by atomic mass is 10.2. The van der Waals surface area contributed by atoms with Gasteiger partial charge in [0.05, 0.1) is 12.2 Å². The summed E-state index contributed by atoms with van der Waals surface area (Å²) in [6, 6.07) is 13.3. The van der Waals surface area contributed by atoms with Crippen molar-refractivity contribution in [3.63, 3.8) is 0 Å². The van der Waals surface area contributed by atoms with E-state index in [1.807, 2.05) is 18.2 Å². The van der Waals surface area contributed by atoms with Gasteiger partial charge >= 0.3 is 0 Å². The van der Waals surface area contributed by atoms with Crippen LogP contribution < -0.4 is 10.6 Å². The summed E-state index contributed by atoms with van der Waals surface area (Å²) in [4.78, 5) is 25.0. The van der Waals surface area contributed by atoms with Crippen molar-refractivity contribution in [2.45, 2.75) is 20.0 Å². The zero-order chi connectivity index (χ0) is 18.4. The standard InChI is InChI=1S/C19H18FN5O/c1-13-24-17(19(26)23-12-16-4-2-3-9-21-16)10-18(25-13)22-11-14-5-7-15(20)8-6-14/h2-10H,11-12H2,1H3,(H,23,26)(H,22,24,25). The molecule has 26 heavy (non-hydrogen) atoms. The fraction of sp³-hybridized carbons (Fsp3) is 0.158. The molecule has 0 unspecified atom stereocenters. The zero-order valence-corrected chi connectivity index (χ0v) is 14.2. The van der Waals surface area contributed by atoms with E-state index in [4.69, 9.17) is 0 Å². The predicted molar refractivity (Wildman–Crippen MR) is 95.9 cm³/mol. The van der Waals surface area contributed by atoms with Gasteiger partial charge in [-0.15, -0.1) is 0 Å². The largest absolute Gasteiger partial charge is 0.366 e. The molecule has 0 aliphatic carbocycles. The molecule has 3 rings (SSSR count). The molecule has 0 atom stereocenters. The van der Waals surface area contributed by atoms with Gasteiger partial charge in [0, 0.05) is 18.8 Å². The first-order chi connectivity index (χ1) is 12.6. The van der Waals surface area contributed by atoms with Crippen molar-refractivity contribution in [2.75, 3.05) is 5.32 Å². The summed E-state index contributed by atoms with van der Waals surface area (Å²) < 4.78 is 12.9. The number of carbonyl (C=O) groups is 1. The lowest BCUT2D eigenvalue weighted by molar-refractivity contribution is 0.0945. The van der Waals surface area contributed by atoms with Gasteiger partial charge in [-0.1, -0.05) is 18.2 Å². The first-order valence-corrected chi connectivity index (χ1v) is 8.12. The Kier molecular flexibility index (Phi) is 5.48. The first-order valence-electron chi connectivity index (χ1n) is 8.12. The molecule has 2 N–H and O–H groups in total. The lowest BCUT2D eigenvalue weighted by Gasteiger charge is -2.09. The second-order valence-electron chi connectivity index (χ2n) is 5.67. The Bertz CT molecular complexity index is 884. The van der Waals surface area contributed by atoms with Crippen LogP contribution in [-0.2, 0) is 13.1 Å². The average Bonchev–Trinajstić information content (AvgIpc) is 2.66. The van der Waals surface area contributed by atoms with Gasteiger partial charge in [0.1, 0.15) is 23.2 Å². The Balaban J connectivity index is 1.64. The number of carbonyl (C=O) groups excluding carboxylic acids is 1. The number of halogens is 1. The number of hydrogen-bond acceptors (Lipinski definition) is 5. The number of rotatable bonds is 6. The molecule has 0 aliphatic rings. The molecule has 6 nitrogen and oxygen atoms in total. The molecule has 0 aliphatic heterocycles. The molecule has 0 fully saturated rings. The lowest BCUT2D eigenvalue weighted by Crippen LogP contribution is -2.25. The Hall–Kier alpha value is -3.35. The molecular weight excluding hydrogens is 333 g/mol. The van der Waals surface area contributed by atoms with Crippen LogP contribution in [0.4, 0.5) is 10.2 Å². The van der Waals surface area contributed by atoms with Crippen molar-refractivity contribution >= 4 is 11.7 Å². The molecule has 2 aromatic heterocycles. The van der Waals surface area contributed by atoms with Crippen LogP contribution in [0.5, 0.6) is 0 Å². The molecule has 0 spiro atoms. The van der Waals surface area contributed by atoms with Crippen molar-refractivity contribution in [1.29, 1.82) is 0 Å². The highest BCUT2D eigenvalue weighted by Gasteiger charge is 2.10. The summed E-state index contributed by atoms with van der Waals surface area (Å²) in [6.07, 6.45) is 1.67. The molecule has 1 amide bonds. The maximum absolute atomic E-state index is 12.9. The average molecular weight is 351 g/mol. The van der Waals surface area contributed by atoms with Gasteiger partial charge in [0.15, 0.2) is 0 Å². The summed E-state index contributed by atoms with van der Waals surface area (Å²) in [5.74, 6) is 0.436. The van der Waals surface area contributed by atoms with E-state index in [-0.39, 0.29) is 17.4 Å². The first kappa shape index (κ1) is 17.5. The molecule has 0 saturated heterocycles. The number of benzene rings is 1. The predicted octanol–water partition coefficient (Wildman–Crippen LogP) is 2.86. The van der Waals surface area contributed by atoms with Crippen LogP contribution in [0.15, 0.2) is 54.7 Å². The second kappa shape index (κ2) is 8.15. The minimum Gasteiger partial charge on any atom is -0.366 e. The number of hydrogen-bond donors (Lipinski definition) is 2. The van der Waals surface area contributed by atoms with E-state index in [0.717, 1.165) is 11.3 Å². The molecule has 1 aromatic carbocycles. The van der Waals surface area contributed by atoms with Crippen LogP contribution in [0.2, 0.25) is 0 Å². The molecular formula is C19H18FN5O. The van der Waals surface area contributed by atoms with Gasteiger partial charge < -0.3 is 10.6 Å². The quantitative estimate of drug-likeness (QED) is 0.714. The van der Waals surface area contributed by atoms with Gasteiger partial charge in [0.25, 0.3) is 5.91 Å². The molecule has 132 valence electrons. The topological polar surface area (TPSA) is 79.8 Å². The van der Waals surface area contributed by atoms with E-state index in [0.29, 0.717) is 24.7 Å². The number of pyridine rings is 1. The van der Waals surface area contributed by atoms with Crippen molar-refractivity contribution in [3.8, 4) is 0 Å². The monoisotopic (exact) mass is 351 g/mol. The highest BCUT2D eigenvalue weighted by Crippen LogP contribution is 2.10. The van der Waals surface area contributed by atoms with Gasteiger partial charge in [-0.3, -0.25) is 9.78 Å². The van der Waals surface area contributed by atoms with Crippen LogP contribution in [0.3, 0.4) is 0 Å². The van der Waals surface area contributed by atoms with Gasteiger partial charge in [0.2, 0.25) is 0 Å². The molecule has 7 heteroatoms. The number of nitrogens with one attached hydrogen (secondary N) is 2. The van der Waals surface area contributed by atoms with Crippen molar-refractivity contribution in [2.24, 2.45) is 0 Å². The minimum absolute atomic E-state index is 0.273. The second-order valence-corrected chi connectivity index (χ2v) is 5.67. The Morgan fingerprint density at radius 3 is 2.62 bits per heavy atom. The van der Waals surface area contributed by atoms with Crippen molar-refractivity contribution in [1.82, 2.24) is 20.3 Å². The van der Waals surface area contributed by atoms with E-state index in [2.05, 4.69) is 25.6 Å². The van der Waals surface area contributed by atoms with Crippen LogP contribution in [0.25, 0.3) is 0 Å². The van der Waals surface area contributed by atoms with E-state index in [1.54, 1.807) is 31.3 Å². The van der Waals surface area contributed by atoms with Crippen LogP contribution in [0.1, 0.15) is 27.6 Å². The Labute approximate surface area is 150 Å². The summed E-state index contributed by atoms with van der Waals surface area (Å²) >= 11 is 0. The Morgan fingerprint density at radius 1 is 1.08 bits per heavy atom. The molecule has 0 saturated carbocycles. The smallest absolute Gasteiger partial charge is 0.270 e. The van der Waals surface area contributed by atoms with Crippen LogP contribution in [0, 0.1) is 12.7 Å². The minimum atomic E-state index is -0.300. The van der Waals surface area contributed by atoms with Crippen molar-refractivity contribution < 1.29 is 9.18 Å². The fourth-order valence-corrected chi connectivity index (χ4v) is 2.33. The summed E-state index contributed by atoms with van der Waals surface area (Å²) in [5.41, 5.74) is 1.94. The maximum atomic E-state index is 12.9. The fourth-order valence-electron chi connectivity index (χ4n) is 2.33. The van der Waals surface area contributed by atoms with Crippen molar-refractivity contribution in [3.05, 3.63) is 83.3 Å². The number of aromatic nitrogens is 3. The third-order valence-electron chi connectivity index (χ3n) is 3.61. The Morgan fingerprint density at radius 2 is 1.88 bits per heavy atom. The summed E-state index contributed by atoms with van der Waals surface area (Å²) in [6.45, 7) is 2.51. The SMILES string of the molecule is Cc1nc(NCc2ccc(F)cc2)cc(C(=O)NCc2ccccn2)n1. The zero-order valence-electron chi connectivity index (χ0n) is 14.2. The highest BCUT2D eigenvalue weighted by atomic mass is 19.1. The van der Waals surface area contributed by atoms with Gasteiger partial charge in [-0.2, -0.15) is 0 Å². The van der Waals surface area contributed by atoms with E-state index >= 15 is 0 Å². The molecule has 2 heterocycles. The third-order valence-corrected chi connectivity index (χ3v) is 3.61. The normalized spacial score (nSPS) is 10.4. The number of anilines is 1. The maximum Gasteiger partial charge on any atom is 0.270 e. The summed E-state index contributed by atoms with van der Waals surface area (Å²) in [7, 11) is 0. The highest BCUT2D eigenvalue weighted by molar-refractivity contribution is 5.92. The molecule has 3 aromatic rings. The van der Waals surface area contributed by atoms with Crippen LogP contribution in [-0.4, -0.2) is 20.9 Å². The van der Waals surface area contributed by atoms with Crippen LogP contribution >= 0.6 is 0 Å². The third kappa shape index (κ3) is 4.83. The van der Waals surface area contributed by atoms with Gasteiger partial charge in [-0.05, 0) is 36.8 Å². The number of amides is 1. The molecule has 0 bridgehead atoms. The van der Waals surface area contributed by atoms with E-state index in [1.165, 1.54) is 12.1 Å². The number of aryl methyl sites for hydroxylation is 1. The summed E-state index contributed by atoms with van der Waals surface area (Å²) in [5, 5.41) is 5.91. The van der Waals surface area contributed by atoms with E-state index < -0.39 is 0 Å². The van der Waals surface area contributed by atoms with E-state index in [9.17, 15) is 9.18 Å². The number of nitrogens with zero attached hydrogens (tertiary/aromatic N) is 3. The van der Waals surface area contributed by atoms with Gasteiger partial charge in [-0.25, -0.2) is 14.4 Å².